The van der Waals surface area contributed by atoms with Crippen LogP contribution in [-0.4, -0.2) is 12.6 Å². The zero-order chi connectivity index (χ0) is 14.9. The molecule has 0 aliphatic carbocycles. The first-order valence-corrected chi connectivity index (χ1v) is 7.55. The molecule has 1 unspecified atom stereocenters. The average Bonchev–Trinajstić information content (AvgIpc) is 2.54. The van der Waals surface area contributed by atoms with Crippen LogP contribution >= 0.6 is 0 Å². The molecule has 2 aromatic carbocycles. The highest BCUT2D eigenvalue weighted by Gasteiger charge is 2.02. The first-order valence-electron chi connectivity index (χ1n) is 7.55. The molecule has 2 nitrogen and oxygen atoms in total. The first-order chi connectivity index (χ1) is 10.3. The smallest absolute Gasteiger partial charge is 0.0949 e. The molecule has 0 radical (unpaired) electrons. The summed E-state index contributed by atoms with van der Waals surface area (Å²) in [6.07, 6.45) is 2.29. The van der Waals surface area contributed by atoms with E-state index in [2.05, 4.69) is 66.2 Å². The molecule has 108 valence electrons. The summed E-state index contributed by atoms with van der Waals surface area (Å²) >= 11 is 0. The number of rotatable bonds is 6. The lowest BCUT2D eigenvalue weighted by molar-refractivity contribution is 0.778. The third-order valence-corrected chi connectivity index (χ3v) is 3.46. The molecular weight excluding hydrogens is 256 g/mol. The van der Waals surface area contributed by atoms with Gasteiger partial charge in [0.25, 0.3) is 0 Å². The Morgan fingerprint density at radius 3 is 2.38 bits per heavy atom. The summed E-state index contributed by atoms with van der Waals surface area (Å²) in [6, 6.07) is 21.5. The fourth-order valence-electron chi connectivity index (χ4n) is 2.18. The Hall–Kier alpha value is -2.18. The van der Waals surface area contributed by atoms with Gasteiger partial charge in [0.1, 0.15) is 0 Å². The Balaban J connectivity index is 1.91. The first kappa shape index (κ1) is 15.2. The van der Waals surface area contributed by atoms with E-state index < -0.39 is 0 Å². The summed E-state index contributed by atoms with van der Waals surface area (Å²) in [5.41, 5.74) is 3.56. The Kier molecular flexibility index (Phi) is 5.93. The van der Waals surface area contributed by atoms with E-state index in [9.17, 15) is 0 Å². The minimum atomic E-state index is 0.390. The molecule has 0 heterocycles. The van der Waals surface area contributed by atoms with Crippen molar-refractivity contribution >= 4 is 11.7 Å². The average molecular weight is 278 g/mol. The number of aliphatic imine (C=N–C) groups is 2. The molecule has 0 aliphatic heterocycles. The summed E-state index contributed by atoms with van der Waals surface area (Å²) in [5.74, 6) is 0.390. The molecule has 0 aliphatic rings. The second kappa shape index (κ2) is 8.18. The molecule has 0 saturated heterocycles. The van der Waals surface area contributed by atoms with Crippen LogP contribution in [0.1, 0.15) is 37.3 Å². The second-order valence-electron chi connectivity index (χ2n) is 5.28. The van der Waals surface area contributed by atoms with Gasteiger partial charge in [-0.15, -0.1) is 0 Å². The predicted molar refractivity (Wildman–Crippen MR) is 89.7 cm³/mol. The Morgan fingerprint density at radius 1 is 1.00 bits per heavy atom. The van der Waals surface area contributed by atoms with E-state index in [-0.39, 0.29) is 0 Å². The fourth-order valence-corrected chi connectivity index (χ4v) is 2.18. The highest BCUT2D eigenvalue weighted by molar-refractivity contribution is 5.52. The number of hydrogen-bond donors (Lipinski definition) is 0. The van der Waals surface area contributed by atoms with E-state index in [0.717, 1.165) is 12.1 Å². The maximum absolute atomic E-state index is 4.29. The van der Waals surface area contributed by atoms with Gasteiger partial charge in [0.2, 0.25) is 0 Å². The van der Waals surface area contributed by atoms with Crippen LogP contribution in [0.15, 0.2) is 64.6 Å². The quantitative estimate of drug-likeness (QED) is 0.645. The van der Waals surface area contributed by atoms with E-state index in [1.165, 1.54) is 17.5 Å². The van der Waals surface area contributed by atoms with Gasteiger partial charge in [-0.05, 0) is 29.7 Å². The van der Waals surface area contributed by atoms with Gasteiger partial charge in [0, 0.05) is 5.92 Å². The molecule has 2 heteroatoms. The lowest BCUT2D eigenvalue weighted by Crippen LogP contribution is -1.96. The van der Waals surface area contributed by atoms with Gasteiger partial charge < -0.3 is 0 Å². The van der Waals surface area contributed by atoms with Gasteiger partial charge in [0.15, 0.2) is 0 Å². The highest BCUT2D eigenvalue weighted by atomic mass is 14.8. The molecule has 0 amide bonds. The van der Waals surface area contributed by atoms with Crippen LogP contribution in [0.5, 0.6) is 0 Å². The monoisotopic (exact) mass is 278 g/mol. The Labute approximate surface area is 127 Å². The van der Waals surface area contributed by atoms with Gasteiger partial charge in [-0.3, -0.25) is 0 Å². The minimum absolute atomic E-state index is 0.390. The van der Waals surface area contributed by atoms with Crippen molar-refractivity contribution in [1.82, 2.24) is 0 Å². The van der Waals surface area contributed by atoms with Gasteiger partial charge in [-0.1, -0.05) is 62.7 Å². The van der Waals surface area contributed by atoms with E-state index in [0.29, 0.717) is 12.5 Å². The van der Waals surface area contributed by atoms with E-state index in [4.69, 9.17) is 0 Å². The lowest BCUT2D eigenvalue weighted by Gasteiger charge is -2.06. The van der Waals surface area contributed by atoms with Crippen LogP contribution in [-0.2, 0) is 6.42 Å². The van der Waals surface area contributed by atoms with Crippen LogP contribution in [0.4, 0.5) is 5.69 Å². The molecule has 0 spiro atoms. The number of benzene rings is 2. The van der Waals surface area contributed by atoms with Crippen molar-refractivity contribution in [2.75, 3.05) is 6.54 Å². The molecule has 2 aromatic rings. The molecule has 21 heavy (non-hydrogen) atoms. The topological polar surface area (TPSA) is 24.7 Å². The number of nitrogens with zero attached hydrogens (tertiary/aromatic N) is 2. The van der Waals surface area contributed by atoms with Gasteiger partial charge in [0.05, 0.1) is 18.2 Å². The van der Waals surface area contributed by atoms with Crippen molar-refractivity contribution in [2.45, 2.75) is 32.6 Å². The van der Waals surface area contributed by atoms with Crippen molar-refractivity contribution in [3.63, 3.8) is 0 Å². The normalized spacial score (nSPS) is 11.5. The fraction of sp³-hybridized carbons (Fsp3) is 0.316. The van der Waals surface area contributed by atoms with Crippen molar-refractivity contribution in [2.24, 2.45) is 9.98 Å². The molecule has 1 atom stereocenters. The molecule has 0 fully saturated rings. The Morgan fingerprint density at radius 2 is 1.71 bits per heavy atom. The molecule has 2 rings (SSSR count). The van der Waals surface area contributed by atoms with Gasteiger partial charge in [-0.2, -0.15) is 4.99 Å². The second-order valence-corrected chi connectivity index (χ2v) is 5.28. The third kappa shape index (κ3) is 5.02. The maximum Gasteiger partial charge on any atom is 0.0949 e. The molecule has 0 aromatic heterocycles. The van der Waals surface area contributed by atoms with E-state index in [1.807, 2.05) is 18.2 Å². The van der Waals surface area contributed by atoms with Crippen LogP contribution in [0.3, 0.4) is 0 Å². The van der Waals surface area contributed by atoms with Crippen molar-refractivity contribution in [3.8, 4) is 0 Å². The lowest BCUT2D eigenvalue weighted by atomic mass is 10.0. The van der Waals surface area contributed by atoms with Crippen LogP contribution in [0.2, 0.25) is 0 Å². The van der Waals surface area contributed by atoms with Crippen LogP contribution < -0.4 is 0 Å². The molecular formula is C19H22N2. The Bertz CT molecular complexity index is 593. The molecule has 0 bridgehead atoms. The van der Waals surface area contributed by atoms with Crippen molar-refractivity contribution in [1.29, 1.82) is 0 Å². The summed E-state index contributed by atoms with van der Waals surface area (Å²) in [5, 5.41) is 0. The minimum Gasteiger partial charge on any atom is -0.225 e. The van der Waals surface area contributed by atoms with Gasteiger partial charge in [-0.25, -0.2) is 4.99 Å². The predicted octanol–water partition coefficient (Wildman–Crippen LogP) is 5.25. The number of hydrogen-bond acceptors (Lipinski definition) is 2. The summed E-state index contributed by atoms with van der Waals surface area (Å²) in [7, 11) is 0. The summed E-state index contributed by atoms with van der Waals surface area (Å²) < 4.78 is 0. The van der Waals surface area contributed by atoms with E-state index >= 15 is 0 Å². The number of aryl methyl sites for hydroxylation is 1. The zero-order valence-electron chi connectivity index (χ0n) is 12.8. The summed E-state index contributed by atoms with van der Waals surface area (Å²) in [6.45, 7) is 5.06. The van der Waals surface area contributed by atoms with Crippen molar-refractivity contribution < 1.29 is 0 Å². The van der Waals surface area contributed by atoms with E-state index in [1.54, 1.807) is 0 Å². The standard InChI is InChI=1S/C19H22N2/c1-3-7-17-10-12-19(13-11-17)21-15-20-14-16(2)18-8-5-4-6-9-18/h4-6,8-13,16H,3,7,14H2,1-2H3. The van der Waals surface area contributed by atoms with Crippen molar-refractivity contribution in [3.05, 3.63) is 65.7 Å². The SMILES string of the molecule is CCCc1ccc(N=C=NCC(C)c2ccccc2)cc1. The zero-order valence-corrected chi connectivity index (χ0v) is 12.8. The highest BCUT2D eigenvalue weighted by Crippen LogP contribution is 2.15. The largest absolute Gasteiger partial charge is 0.225 e. The maximum atomic E-state index is 4.29. The van der Waals surface area contributed by atoms with Crippen LogP contribution in [0, 0.1) is 0 Å². The summed E-state index contributed by atoms with van der Waals surface area (Å²) in [4.78, 5) is 8.54. The molecule has 0 saturated carbocycles. The molecule has 0 N–H and O–H groups in total. The third-order valence-electron chi connectivity index (χ3n) is 3.46. The van der Waals surface area contributed by atoms with Gasteiger partial charge >= 0.3 is 0 Å². The van der Waals surface area contributed by atoms with Crippen LogP contribution in [0.25, 0.3) is 0 Å².